The lowest BCUT2D eigenvalue weighted by Gasteiger charge is -2.45. The van der Waals surface area contributed by atoms with Crippen LogP contribution in [0.1, 0.15) is 98.8 Å². The van der Waals surface area contributed by atoms with Crippen molar-refractivity contribution in [2.45, 2.75) is 98.8 Å². The second-order valence-corrected chi connectivity index (χ2v) is 10.7. The van der Waals surface area contributed by atoms with Crippen LogP contribution in [-0.4, -0.2) is 23.7 Å². The van der Waals surface area contributed by atoms with Gasteiger partial charge in [-0.25, -0.2) is 0 Å². The van der Waals surface area contributed by atoms with Crippen molar-refractivity contribution >= 4 is 11.9 Å². The Kier molecular flexibility index (Phi) is 9.03. The van der Waals surface area contributed by atoms with Crippen LogP contribution in [0.2, 0.25) is 0 Å². The molecule has 4 nitrogen and oxygen atoms in total. The van der Waals surface area contributed by atoms with Gasteiger partial charge in [-0.1, -0.05) is 60.3 Å². The van der Waals surface area contributed by atoms with Crippen molar-refractivity contribution < 1.29 is 19.4 Å². The van der Waals surface area contributed by atoms with E-state index in [9.17, 15) is 14.7 Å². The van der Waals surface area contributed by atoms with E-state index >= 15 is 0 Å². The highest BCUT2D eigenvalue weighted by atomic mass is 16.5. The first-order valence-corrected chi connectivity index (χ1v) is 12.1. The lowest BCUT2D eigenvalue weighted by Crippen LogP contribution is -2.39. The number of hydrogen-bond donors (Lipinski definition) is 1. The Morgan fingerprint density at radius 1 is 1.10 bits per heavy atom. The summed E-state index contributed by atoms with van der Waals surface area (Å²) < 4.78 is 5.80. The van der Waals surface area contributed by atoms with Crippen LogP contribution in [0.25, 0.3) is 0 Å². The monoisotopic (exact) mass is 408 g/mol. The highest BCUT2D eigenvalue weighted by Crippen LogP contribution is 2.48. The molecule has 2 aliphatic carbocycles. The minimum atomic E-state index is -0.846. The Morgan fingerprint density at radius 3 is 2.45 bits per heavy atom. The predicted molar refractivity (Wildman–Crippen MR) is 117 cm³/mol. The predicted octanol–water partition coefficient (Wildman–Crippen LogP) is 6.33. The molecule has 0 heterocycles. The van der Waals surface area contributed by atoms with Crippen molar-refractivity contribution in [2.24, 2.45) is 40.9 Å². The quantitative estimate of drug-likeness (QED) is 0.358. The average Bonchev–Trinajstić information content (AvgIpc) is 2.67. The molecule has 0 bridgehead atoms. The van der Waals surface area contributed by atoms with Crippen LogP contribution in [0, 0.1) is 40.9 Å². The lowest BCUT2D eigenvalue weighted by atomic mass is 9.61. The summed E-state index contributed by atoms with van der Waals surface area (Å²) in [7, 11) is 0. The minimum absolute atomic E-state index is 0.270. The summed E-state index contributed by atoms with van der Waals surface area (Å²) >= 11 is 0. The van der Waals surface area contributed by atoms with E-state index in [-0.39, 0.29) is 5.97 Å². The first-order valence-electron chi connectivity index (χ1n) is 12.1. The zero-order chi connectivity index (χ0) is 21.6. The third kappa shape index (κ3) is 6.46. The molecule has 1 N–H and O–H groups in total. The van der Waals surface area contributed by atoms with Gasteiger partial charge in [-0.15, -0.1) is 0 Å². The normalized spacial score (nSPS) is 35.4. The third-order valence-corrected chi connectivity index (χ3v) is 8.23. The van der Waals surface area contributed by atoms with Gasteiger partial charge in [-0.3, -0.25) is 9.59 Å². The molecular formula is C25H44O4. The summed E-state index contributed by atoms with van der Waals surface area (Å²) in [6.45, 7) is 11.9. The molecule has 0 aromatic heterocycles. The fourth-order valence-corrected chi connectivity index (χ4v) is 5.59. The molecule has 2 aliphatic rings. The Morgan fingerprint density at radius 2 is 1.83 bits per heavy atom. The maximum atomic E-state index is 12.8. The van der Waals surface area contributed by atoms with Gasteiger partial charge >= 0.3 is 11.9 Å². The highest BCUT2D eigenvalue weighted by molar-refractivity contribution is 5.81. The standard InChI is InChI=1S/C25H44O4/c1-6-7-8-9-19-15-25(5,17(2)3)13-12-20(19)16-29-24(28)21-11-10-18(4)14-22(21)23(26)27/h17-22H,6-16H2,1-5H3,(H,26,27). The van der Waals surface area contributed by atoms with Gasteiger partial charge in [-0.05, 0) is 67.6 Å². The minimum Gasteiger partial charge on any atom is -0.481 e. The summed E-state index contributed by atoms with van der Waals surface area (Å²) in [4.78, 5) is 24.4. The number of aliphatic carboxylic acids is 1. The van der Waals surface area contributed by atoms with Crippen LogP contribution in [-0.2, 0) is 14.3 Å². The first kappa shape index (κ1) is 24.2. The molecule has 6 unspecified atom stereocenters. The number of rotatable bonds is 9. The molecule has 0 saturated heterocycles. The van der Waals surface area contributed by atoms with Gasteiger partial charge in [0, 0.05) is 0 Å². The van der Waals surface area contributed by atoms with Crippen molar-refractivity contribution in [1.82, 2.24) is 0 Å². The maximum absolute atomic E-state index is 12.8. The van der Waals surface area contributed by atoms with Crippen LogP contribution in [0.5, 0.6) is 0 Å². The van der Waals surface area contributed by atoms with Crippen LogP contribution in [0.3, 0.4) is 0 Å². The molecule has 0 spiro atoms. The molecule has 0 aromatic carbocycles. The first-order chi connectivity index (χ1) is 13.7. The molecule has 2 rings (SSSR count). The van der Waals surface area contributed by atoms with E-state index in [1.807, 2.05) is 0 Å². The van der Waals surface area contributed by atoms with Crippen LogP contribution in [0.15, 0.2) is 0 Å². The summed E-state index contributed by atoms with van der Waals surface area (Å²) in [5.41, 5.74) is 0.380. The fourth-order valence-electron chi connectivity index (χ4n) is 5.59. The smallest absolute Gasteiger partial charge is 0.309 e. The largest absolute Gasteiger partial charge is 0.481 e. The van der Waals surface area contributed by atoms with Crippen molar-refractivity contribution in [1.29, 1.82) is 0 Å². The van der Waals surface area contributed by atoms with Gasteiger partial charge in [0.25, 0.3) is 0 Å². The lowest BCUT2D eigenvalue weighted by molar-refractivity contribution is -0.162. The fraction of sp³-hybridized carbons (Fsp3) is 0.920. The molecular weight excluding hydrogens is 364 g/mol. The number of carboxylic acid groups (broad SMARTS) is 1. The van der Waals surface area contributed by atoms with E-state index in [0.717, 1.165) is 12.8 Å². The van der Waals surface area contributed by atoms with E-state index in [4.69, 9.17) is 4.74 Å². The van der Waals surface area contributed by atoms with Crippen LogP contribution >= 0.6 is 0 Å². The Labute approximate surface area is 178 Å². The van der Waals surface area contributed by atoms with Gasteiger partial charge in [-0.2, -0.15) is 0 Å². The topological polar surface area (TPSA) is 63.6 Å². The molecule has 2 fully saturated rings. The van der Waals surface area contributed by atoms with Gasteiger partial charge in [0.2, 0.25) is 0 Å². The van der Waals surface area contributed by atoms with Gasteiger partial charge in [0.1, 0.15) is 0 Å². The second-order valence-electron chi connectivity index (χ2n) is 10.7. The van der Waals surface area contributed by atoms with E-state index in [1.54, 1.807) is 0 Å². The molecule has 4 heteroatoms. The molecule has 0 radical (unpaired) electrons. The van der Waals surface area contributed by atoms with Crippen molar-refractivity contribution in [3.05, 3.63) is 0 Å². The van der Waals surface area contributed by atoms with E-state index in [2.05, 4.69) is 34.6 Å². The molecule has 0 aromatic rings. The number of unbranched alkanes of at least 4 members (excludes halogenated alkanes) is 2. The molecule has 168 valence electrons. The number of esters is 1. The Balaban J connectivity index is 1.97. The molecule has 6 atom stereocenters. The number of ether oxygens (including phenoxy) is 1. The van der Waals surface area contributed by atoms with Crippen molar-refractivity contribution in [3.8, 4) is 0 Å². The maximum Gasteiger partial charge on any atom is 0.309 e. The van der Waals surface area contributed by atoms with E-state index < -0.39 is 17.8 Å². The zero-order valence-electron chi connectivity index (χ0n) is 19.4. The summed E-state index contributed by atoms with van der Waals surface area (Å²) in [5, 5.41) is 9.56. The zero-order valence-corrected chi connectivity index (χ0v) is 19.4. The molecule has 2 saturated carbocycles. The number of carbonyl (C=O) groups excluding carboxylic acids is 1. The summed E-state index contributed by atoms with van der Waals surface area (Å²) in [6, 6.07) is 0. The van der Waals surface area contributed by atoms with Gasteiger partial charge in [0.15, 0.2) is 0 Å². The van der Waals surface area contributed by atoms with Gasteiger partial charge in [0.05, 0.1) is 18.4 Å². The van der Waals surface area contributed by atoms with Crippen molar-refractivity contribution in [2.75, 3.05) is 6.61 Å². The van der Waals surface area contributed by atoms with Crippen LogP contribution < -0.4 is 0 Å². The third-order valence-electron chi connectivity index (χ3n) is 8.23. The Hall–Kier alpha value is -1.06. The highest BCUT2D eigenvalue weighted by Gasteiger charge is 2.42. The molecule has 0 amide bonds. The molecule has 0 aliphatic heterocycles. The second kappa shape index (κ2) is 10.8. The van der Waals surface area contributed by atoms with E-state index in [1.165, 1.54) is 38.5 Å². The SMILES string of the molecule is CCCCCC1CC(C)(C(C)C)CCC1COC(=O)C1CCC(C)CC1C(=O)O. The van der Waals surface area contributed by atoms with Gasteiger partial charge < -0.3 is 9.84 Å². The van der Waals surface area contributed by atoms with Crippen molar-refractivity contribution in [3.63, 3.8) is 0 Å². The molecule has 29 heavy (non-hydrogen) atoms. The average molecular weight is 409 g/mol. The summed E-state index contributed by atoms with van der Waals surface area (Å²) in [6.07, 6.45) is 10.6. The van der Waals surface area contributed by atoms with E-state index in [0.29, 0.717) is 48.5 Å². The Bertz CT molecular complexity index is 543. The number of carboxylic acids is 1. The number of hydrogen-bond acceptors (Lipinski definition) is 3. The number of carbonyl (C=O) groups is 2. The van der Waals surface area contributed by atoms with Crippen LogP contribution in [0.4, 0.5) is 0 Å². The summed E-state index contributed by atoms with van der Waals surface area (Å²) in [5.74, 6) is -0.0926.